The number of aryl methyl sites for hydroxylation is 1. The molecule has 2 rings (SSSR count). The molecule has 0 atom stereocenters. The van der Waals surface area contributed by atoms with Crippen molar-refractivity contribution in [3.8, 4) is 0 Å². The van der Waals surface area contributed by atoms with Crippen LogP contribution in [0.2, 0.25) is 0 Å². The van der Waals surface area contributed by atoms with Gasteiger partial charge in [0.05, 0.1) is 0 Å². The van der Waals surface area contributed by atoms with Gasteiger partial charge in [-0.25, -0.2) is 0 Å². The molecule has 0 saturated heterocycles. The van der Waals surface area contributed by atoms with Crippen molar-refractivity contribution in [1.82, 2.24) is 15.5 Å². The fraction of sp³-hybridized carbons (Fsp3) is 0.867. The molecular formula is C15H27N3S. The summed E-state index contributed by atoms with van der Waals surface area (Å²) < 4.78 is 0. The average Bonchev–Trinajstić information content (AvgIpc) is 3.04. The van der Waals surface area contributed by atoms with Gasteiger partial charge in [0.15, 0.2) is 0 Å². The zero-order valence-electron chi connectivity index (χ0n) is 12.5. The third-order valence-electron chi connectivity index (χ3n) is 4.28. The van der Waals surface area contributed by atoms with Crippen LogP contribution >= 0.6 is 11.3 Å². The highest BCUT2D eigenvalue weighted by molar-refractivity contribution is 7.11. The van der Waals surface area contributed by atoms with Crippen LogP contribution in [-0.2, 0) is 11.8 Å². The summed E-state index contributed by atoms with van der Waals surface area (Å²) in [6.45, 7) is 7.76. The maximum absolute atomic E-state index is 4.50. The fourth-order valence-corrected chi connectivity index (χ4v) is 4.17. The minimum absolute atomic E-state index is 0.367. The van der Waals surface area contributed by atoms with Gasteiger partial charge in [-0.05, 0) is 32.2 Å². The van der Waals surface area contributed by atoms with Crippen LogP contribution in [-0.4, -0.2) is 22.8 Å². The van der Waals surface area contributed by atoms with Gasteiger partial charge in [0.1, 0.15) is 10.0 Å². The van der Waals surface area contributed by atoms with E-state index in [1.807, 2.05) is 11.3 Å². The first-order chi connectivity index (χ1) is 9.16. The molecule has 1 aliphatic rings. The van der Waals surface area contributed by atoms with Gasteiger partial charge >= 0.3 is 0 Å². The third kappa shape index (κ3) is 3.76. The molecule has 1 N–H and O–H groups in total. The fourth-order valence-electron chi connectivity index (χ4n) is 2.97. The number of aromatic nitrogens is 2. The Balaban J connectivity index is 1.88. The number of rotatable bonds is 7. The lowest BCUT2D eigenvalue weighted by Gasteiger charge is -2.23. The smallest absolute Gasteiger partial charge is 0.123 e. The zero-order valence-corrected chi connectivity index (χ0v) is 13.4. The highest BCUT2D eigenvalue weighted by atomic mass is 32.1. The van der Waals surface area contributed by atoms with Crippen LogP contribution in [0.3, 0.4) is 0 Å². The van der Waals surface area contributed by atoms with Crippen LogP contribution in [0.25, 0.3) is 0 Å². The molecule has 1 fully saturated rings. The molecule has 0 aliphatic heterocycles. The van der Waals surface area contributed by atoms with Gasteiger partial charge in [-0.1, -0.05) is 33.6 Å². The molecule has 19 heavy (non-hydrogen) atoms. The van der Waals surface area contributed by atoms with E-state index >= 15 is 0 Å². The Hall–Kier alpha value is -0.480. The van der Waals surface area contributed by atoms with Gasteiger partial charge in [-0.2, -0.15) is 0 Å². The van der Waals surface area contributed by atoms with Gasteiger partial charge in [0, 0.05) is 17.9 Å². The van der Waals surface area contributed by atoms with Crippen LogP contribution in [0.5, 0.6) is 0 Å². The van der Waals surface area contributed by atoms with Crippen molar-refractivity contribution in [2.75, 3.05) is 6.54 Å². The van der Waals surface area contributed by atoms with E-state index in [1.54, 1.807) is 0 Å². The SMILES string of the molecule is CCC1(c2nnc(CCCNC(C)C)s2)CCCC1. The van der Waals surface area contributed by atoms with Crippen molar-refractivity contribution >= 4 is 11.3 Å². The molecule has 0 radical (unpaired) electrons. The highest BCUT2D eigenvalue weighted by Crippen LogP contribution is 2.44. The maximum Gasteiger partial charge on any atom is 0.123 e. The van der Waals surface area contributed by atoms with Crippen molar-refractivity contribution in [3.63, 3.8) is 0 Å². The molecule has 0 bridgehead atoms. The first-order valence-electron chi connectivity index (χ1n) is 7.72. The Kier molecular flexibility index (Phi) is 5.34. The van der Waals surface area contributed by atoms with Crippen molar-refractivity contribution in [3.05, 3.63) is 10.0 Å². The van der Waals surface area contributed by atoms with Gasteiger partial charge in [-0.3, -0.25) is 0 Å². The summed E-state index contributed by atoms with van der Waals surface area (Å²) >= 11 is 1.86. The lowest BCUT2D eigenvalue weighted by molar-refractivity contribution is 0.419. The second-order valence-corrected chi connectivity index (χ2v) is 7.12. The summed E-state index contributed by atoms with van der Waals surface area (Å²) in [5.74, 6) is 0. The zero-order chi connectivity index (χ0) is 13.7. The van der Waals surface area contributed by atoms with Gasteiger partial charge in [0.2, 0.25) is 0 Å². The summed E-state index contributed by atoms with van der Waals surface area (Å²) in [5, 5.41) is 14.9. The molecule has 1 saturated carbocycles. The predicted molar refractivity (Wildman–Crippen MR) is 81.8 cm³/mol. The van der Waals surface area contributed by atoms with Gasteiger partial charge in [-0.15, -0.1) is 21.5 Å². The third-order valence-corrected chi connectivity index (χ3v) is 5.51. The van der Waals surface area contributed by atoms with Crippen molar-refractivity contribution in [2.24, 2.45) is 0 Å². The quantitative estimate of drug-likeness (QED) is 0.775. The molecular weight excluding hydrogens is 254 g/mol. The molecule has 108 valence electrons. The summed E-state index contributed by atoms with van der Waals surface area (Å²) in [7, 11) is 0. The van der Waals surface area contributed by atoms with E-state index in [2.05, 4.69) is 36.3 Å². The van der Waals surface area contributed by atoms with E-state index in [4.69, 9.17) is 0 Å². The summed E-state index contributed by atoms with van der Waals surface area (Å²) in [5.41, 5.74) is 0.367. The molecule has 1 heterocycles. The summed E-state index contributed by atoms with van der Waals surface area (Å²) in [4.78, 5) is 0. The molecule has 0 amide bonds. The van der Waals surface area contributed by atoms with Crippen LogP contribution in [0.4, 0.5) is 0 Å². The average molecular weight is 281 g/mol. The van der Waals surface area contributed by atoms with Gasteiger partial charge in [0.25, 0.3) is 0 Å². The first-order valence-corrected chi connectivity index (χ1v) is 8.54. The van der Waals surface area contributed by atoms with Crippen LogP contribution < -0.4 is 5.32 Å². The monoisotopic (exact) mass is 281 g/mol. The largest absolute Gasteiger partial charge is 0.315 e. The van der Waals surface area contributed by atoms with E-state index in [9.17, 15) is 0 Å². The Labute approximate surface area is 121 Å². The molecule has 1 aromatic heterocycles. The van der Waals surface area contributed by atoms with Gasteiger partial charge < -0.3 is 5.32 Å². The summed E-state index contributed by atoms with van der Waals surface area (Å²) in [6.07, 6.45) is 8.79. The second kappa shape index (κ2) is 6.80. The maximum atomic E-state index is 4.50. The molecule has 4 heteroatoms. The number of hydrogen-bond acceptors (Lipinski definition) is 4. The van der Waals surface area contributed by atoms with Crippen molar-refractivity contribution in [2.45, 2.75) is 77.2 Å². The molecule has 1 aromatic rings. The van der Waals surface area contributed by atoms with Crippen molar-refractivity contribution in [1.29, 1.82) is 0 Å². The Morgan fingerprint density at radius 1 is 1.26 bits per heavy atom. The van der Waals surface area contributed by atoms with E-state index in [-0.39, 0.29) is 0 Å². The molecule has 0 spiro atoms. The normalized spacial score (nSPS) is 18.3. The molecule has 3 nitrogen and oxygen atoms in total. The molecule has 1 aliphatic carbocycles. The number of nitrogens with one attached hydrogen (secondary N) is 1. The molecule has 0 aromatic carbocycles. The first kappa shape index (κ1) is 14.9. The predicted octanol–water partition coefficient (Wildman–Crippen LogP) is 3.69. The Bertz CT molecular complexity index is 380. The lowest BCUT2D eigenvalue weighted by Crippen LogP contribution is -2.23. The van der Waals surface area contributed by atoms with Crippen molar-refractivity contribution < 1.29 is 0 Å². The number of hydrogen-bond donors (Lipinski definition) is 1. The second-order valence-electron chi connectivity index (χ2n) is 6.05. The Morgan fingerprint density at radius 3 is 2.63 bits per heavy atom. The topological polar surface area (TPSA) is 37.8 Å². The minimum atomic E-state index is 0.367. The van der Waals surface area contributed by atoms with E-state index in [0.29, 0.717) is 11.5 Å². The lowest BCUT2D eigenvalue weighted by atomic mass is 9.84. The van der Waals surface area contributed by atoms with E-state index in [1.165, 1.54) is 42.1 Å². The summed E-state index contributed by atoms with van der Waals surface area (Å²) in [6, 6.07) is 0.576. The van der Waals surface area contributed by atoms with Crippen LogP contribution in [0, 0.1) is 0 Å². The minimum Gasteiger partial charge on any atom is -0.315 e. The van der Waals surface area contributed by atoms with Crippen LogP contribution in [0.1, 0.15) is 69.3 Å². The molecule has 0 unspecified atom stereocenters. The highest BCUT2D eigenvalue weighted by Gasteiger charge is 2.36. The number of nitrogens with zero attached hydrogens (tertiary/aromatic N) is 2. The van der Waals surface area contributed by atoms with Crippen LogP contribution in [0.15, 0.2) is 0 Å². The standard InChI is InChI=1S/C15H27N3S/c1-4-15(9-5-6-10-15)14-18-17-13(19-14)8-7-11-16-12(2)3/h12,16H,4-11H2,1-3H3. The van der Waals surface area contributed by atoms with E-state index in [0.717, 1.165) is 19.4 Å². The van der Waals surface area contributed by atoms with E-state index < -0.39 is 0 Å². The Morgan fingerprint density at radius 2 is 2.00 bits per heavy atom.